The van der Waals surface area contributed by atoms with Crippen LogP contribution in [0.2, 0.25) is 0 Å². The largest absolute Gasteiger partial charge is 0.391 e. The molecule has 0 bridgehead atoms. The highest BCUT2D eigenvalue weighted by Crippen LogP contribution is 2.00. The van der Waals surface area contributed by atoms with Gasteiger partial charge in [-0.3, -0.25) is 0 Å². The van der Waals surface area contributed by atoms with Gasteiger partial charge in [0.15, 0.2) is 0 Å². The molecule has 3 nitrogen and oxygen atoms in total. The third-order valence-electron chi connectivity index (χ3n) is 2.43. The number of halogens is 1. The van der Waals surface area contributed by atoms with Crippen LogP contribution in [0.1, 0.15) is 5.56 Å². The molecule has 4 heteroatoms. The van der Waals surface area contributed by atoms with E-state index in [9.17, 15) is 5.11 Å². The molecule has 0 aromatic heterocycles. The van der Waals surface area contributed by atoms with Gasteiger partial charge in [-0.25, -0.2) is 0 Å². The van der Waals surface area contributed by atoms with Gasteiger partial charge in [0, 0.05) is 19.0 Å². The molecule has 17 heavy (non-hydrogen) atoms. The molecular weight excluding hydrogens is 238 g/mol. The van der Waals surface area contributed by atoms with Crippen molar-refractivity contribution in [3.8, 4) is 0 Å². The lowest BCUT2D eigenvalue weighted by molar-refractivity contribution is 0.0822. The van der Waals surface area contributed by atoms with Crippen LogP contribution in [0.4, 0.5) is 0 Å². The first-order valence-electron chi connectivity index (χ1n) is 5.76. The van der Waals surface area contributed by atoms with E-state index in [2.05, 4.69) is 0 Å². The summed E-state index contributed by atoms with van der Waals surface area (Å²) in [7, 11) is 1.95. The van der Waals surface area contributed by atoms with Gasteiger partial charge in [0.2, 0.25) is 0 Å². The fourth-order valence-corrected chi connectivity index (χ4v) is 1.58. The van der Waals surface area contributed by atoms with E-state index in [4.69, 9.17) is 16.3 Å². The molecule has 1 aromatic rings. The van der Waals surface area contributed by atoms with Crippen LogP contribution < -0.4 is 0 Å². The summed E-state index contributed by atoms with van der Waals surface area (Å²) in [6, 6.07) is 10.1. The average molecular weight is 258 g/mol. The van der Waals surface area contributed by atoms with Gasteiger partial charge < -0.3 is 14.7 Å². The van der Waals surface area contributed by atoms with E-state index >= 15 is 0 Å². The lowest BCUT2D eigenvalue weighted by Gasteiger charge is -2.18. The minimum Gasteiger partial charge on any atom is -0.391 e. The third kappa shape index (κ3) is 6.64. The predicted molar refractivity (Wildman–Crippen MR) is 70.3 cm³/mol. The Morgan fingerprint density at radius 1 is 1.35 bits per heavy atom. The fraction of sp³-hybridized carbons (Fsp3) is 0.538. The normalized spacial score (nSPS) is 12.9. The summed E-state index contributed by atoms with van der Waals surface area (Å²) >= 11 is 5.53. The molecule has 1 aromatic carbocycles. The number of aliphatic hydroxyl groups excluding tert-OH is 1. The van der Waals surface area contributed by atoms with Crippen molar-refractivity contribution in [2.45, 2.75) is 12.7 Å². The van der Waals surface area contributed by atoms with E-state index in [-0.39, 0.29) is 5.88 Å². The highest BCUT2D eigenvalue weighted by atomic mass is 35.5. The van der Waals surface area contributed by atoms with Crippen LogP contribution in [0, 0.1) is 0 Å². The van der Waals surface area contributed by atoms with Gasteiger partial charge in [0.25, 0.3) is 0 Å². The standard InChI is InChI=1S/C13H20ClNO2/c1-15(10-13(16)9-14)7-8-17-11-12-5-3-2-4-6-12/h2-6,13,16H,7-11H2,1H3. The number of nitrogens with zero attached hydrogens (tertiary/aromatic N) is 1. The second-order valence-corrected chi connectivity index (χ2v) is 4.42. The van der Waals surface area contributed by atoms with Crippen molar-refractivity contribution in [1.82, 2.24) is 4.90 Å². The van der Waals surface area contributed by atoms with Crippen molar-refractivity contribution in [1.29, 1.82) is 0 Å². The molecule has 0 heterocycles. The van der Waals surface area contributed by atoms with Crippen molar-refractivity contribution in [3.05, 3.63) is 35.9 Å². The molecule has 1 atom stereocenters. The Balaban J connectivity index is 2.08. The molecule has 0 amide bonds. The Morgan fingerprint density at radius 2 is 2.06 bits per heavy atom. The van der Waals surface area contributed by atoms with Crippen LogP contribution in [0.3, 0.4) is 0 Å². The van der Waals surface area contributed by atoms with Crippen LogP contribution in [-0.4, -0.2) is 48.7 Å². The first-order valence-corrected chi connectivity index (χ1v) is 6.30. The van der Waals surface area contributed by atoms with Crippen LogP contribution in [0.25, 0.3) is 0 Å². The zero-order valence-electron chi connectivity index (χ0n) is 10.2. The molecule has 0 aliphatic rings. The summed E-state index contributed by atoms with van der Waals surface area (Å²) in [6.07, 6.45) is -0.462. The number of benzene rings is 1. The van der Waals surface area contributed by atoms with Gasteiger partial charge in [-0.15, -0.1) is 11.6 Å². The number of rotatable bonds is 8. The first-order chi connectivity index (χ1) is 8.22. The molecule has 0 fully saturated rings. The molecular formula is C13H20ClNO2. The lowest BCUT2D eigenvalue weighted by Crippen LogP contribution is -2.32. The number of ether oxygens (including phenoxy) is 1. The highest BCUT2D eigenvalue weighted by molar-refractivity contribution is 6.18. The van der Waals surface area contributed by atoms with Gasteiger partial charge in [-0.05, 0) is 12.6 Å². The number of likely N-dealkylation sites (N-methyl/N-ethyl adjacent to an activating group) is 1. The fourth-order valence-electron chi connectivity index (χ4n) is 1.48. The number of aliphatic hydroxyl groups is 1. The van der Waals surface area contributed by atoms with E-state index in [0.29, 0.717) is 19.8 Å². The zero-order valence-corrected chi connectivity index (χ0v) is 10.9. The van der Waals surface area contributed by atoms with E-state index in [0.717, 1.165) is 6.54 Å². The Kier molecular flexibility index (Phi) is 7.21. The Hall–Kier alpha value is -0.610. The molecule has 0 saturated heterocycles. The van der Waals surface area contributed by atoms with Gasteiger partial charge in [0.1, 0.15) is 0 Å². The topological polar surface area (TPSA) is 32.7 Å². The SMILES string of the molecule is CN(CCOCc1ccccc1)CC(O)CCl. The number of hydrogen-bond donors (Lipinski definition) is 1. The van der Waals surface area contributed by atoms with Crippen LogP contribution in [0.5, 0.6) is 0 Å². The zero-order chi connectivity index (χ0) is 12.5. The third-order valence-corrected chi connectivity index (χ3v) is 2.79. The van der Waals surface area contributed by atoms with E-state index in [1.165, 1.54) is 5.56 Å². The van der Waals surface area contributed by atoms with Gasteiger partial charge in [-0.2, -0.15) is 0 Å². The minimum absolute atomic E-state index is 0.273. The van der Waals surface area contributed by atoms with Gasteiger partial charge in [0.05, 0.1) is 19.3 Å². The molecule has 0 aliphatic heterocycles. The van der Waals surface area contributed by atoms with E-state index < -0.39 is 6.10 Å². The average Bonchev–Trinajstić information content (AvgIpc) is 2.36. The number of hydrogen-bond acceptors (Lipinski definition) is 3. The smallest absolute Gasteiger partial charge is 0.0802 e. The summed E-state index contributed by atoms with van der Waals surface area (Å²) in [5, 5.41) is 9.35. The summed E-state index contributed by atoms with van der Waals surface area (Å²) in [6.45, 7) is 2.66. The Labute approximate surface area is 108 Å². The quantitative estimate of drug-likeness (QED) is 0.569. The minimum atomic E-state index is -0.462. The number of alkyl halides is 1. The maximum Gasteiger partial charge on any atom is 0.0802 e. The first kappa shape index (κ1) is 14.5. The summed E-state index contributed by atoms with van der Waals surface area (Å²) in [5.41, 5.74) is 1.18. The molecule has 0 saturated carbocycles. The molecule has 1 unspecified atom stereocenters. The Morgan fingerprint density at radius 3 is 2.71 bits per heavy atom. The Bertz CT molecular complexity index is 295. The van der Waals surface area contributed by atoms with E-state index in [1.807, 2.05) is 42.3 Å². The maximum atomic E-state index is 9.35. The van der Waals surface area contributed by atoms with Crippen molar-refractivity contribution >= 4 is 11.6 Å². The maximum absolute atomic E-state index is 9.35. The molecule has 0 aliphatic carbocycles. The highest BCUT2D eigenvalue weighted by Gasteiger charge is 2.06. The molecule has 1 rings (SSSR count). The summed E-state index contributed by atoms with van der Waals surface area (Å²) in [5.74, 6) is 0.273. The molecule has 0 radical (unpaired) electrons. The monoisotopic (exact) mass is 257 g/mol. The summed E-state index contributed by atoms with van der Waals surface area (Å²) < 4.78 is 5.55. The van der Waals surface area contributed by atoms with Crippen LogP contribution in [0.15, 0.2) is 30.3 Å². The van der Waals surface area contributed by atoms with Crippen LogP contribution in [-0.2, 0) is 11.3 Å². The van der Waals surface area contributed by atoms with Crippen molar-refractivity contribution in [3.63, 3.8) is 0 Å². The van der Waals surface area contributed by atoms with Crippen LogP contribution >= 0.6 is 11.6 Å². The second kappa shape index (κ2) is 8.48. The second-order valence-electron chi connectivity index (χ2n) is 4.11. The molecule has 96 valence electrons. The molecule has 1 N–H and O–H groups in total. The lowest BCUT2D eigenvalue weighted by atomic mass is 10.2. The summed E-state index contributed by atoms with van der Waals surface area (Å²) in [4.78, 5) is 2.01. The molecule has 0 spiro atoms. The van der Waals surface area contributed by atoms with Crippen molar-refractivity contribution < 1.29 is 9.84 Å². The predicted octanol–water partition coefficient (Wildman–Crippen LogP) is 1.73. The van der Waals surface area contributed by atoms with Gasteiger partial charge >= 0.3 is 0 Å². The van der Waals surface area contributed by atoms with E-state index in [1.54, 1.807) is 0 Å². The van der Waals surface area contributed by atoms with Gasteiger partial charge in [-0.1, -0.05) is 30.3 Å². The van der Waals surface area contributed by atoms with Crippen molar-refractivity contribution in [2.75, 3.05) is 32.6 Å². The van der Waals surface area contributed by atoms with Crippen molar-refractivity contribution in [2.24, 2.45) is 0 Å².